The number of carbonyl (C=O) groups is 3. The Labute approximate surface area is 190 Å². The summed E-state index contributed by atoms with van der Waals surface area (Å²) in [7, 11) is 0. The third kappa shape index (κ3) is 3.60. The number of halogens is 1. The molecule has 3 heterocycles. The quantitative estimate of drug-likeness (QED) is 0.299. The van der Waals surface area contributed by atoms with Crippen LogP contribution in [0, 0.1) is 11.8 Å². The predicted molar refractivity (Wildman–Crippen MR) is 120 cm³/mol. The largest absolute Gasteiger partial charge is 0.481 e. The van der Waals surface area contributed by atoms with E-state index in [-0.39, 0.29) is 28.5 Å². The summed E-state index contributed by atoms with van der Waals surface area (Å²) in [6.45, 7) is 10.3. The maximum absolute atomic E-state index is 13.9. The molecule has 3 fully saturated rings. The normalized spacial score (nSPS) is 34.9. The summed E-state index contributed by atoms with van der Waals surface area (Å²) in [4.78, 5) is 42.9. The molecular weight excluding hydrogens is 472 g/mol. The van der Waals surface area contributed by atoms with E-state index >= 15 is 0 Å². The molecule has 0 aromatic carbocycles. The fourth-order valence-corrected chi connectivity index (χ4v) is 8.90. The van der Waals surface area contributed by atoms with Gasteiger partial charge in [-0.15, -0.1) is 18.3 Å². The molecule has 168 valence electrons. The molecule has 0 aromatic rings. The van der Waals surface area contributed by atoms with Gasteiger partial charge in [-0.05, 0) is 40.0 Å². The van der Waals surface area contributed by atoms with E-state index in [0.29, 0.717) is 32.4 Å². The number of carboxylic acid groups (broad SMARTS) is 1. The summed E-state index contributed by atoms with van der Waals surface area (Å²) < 4.78 is -0.750. The molecule has 3 saturated heterocycles. The van der Waals surface area contributed by atoms with Gasteiger partial charge in [0.05, 0.1) is 16.6 Å². The van der Waals surface area contributed by atoms with E-state index in [2.05, 4.69) is 22.5 Å². The average molecular weight is 503 g/mol. The van der Waals surface area contributed by atoms with Crippen molar-refractivity contribution < 1.29 is 24.6 Å². The molecule has 2 N–H and O–H groups in total. The number of likely N-dealkylation sites (tertiary alicyclic amines) is 1. The Kier molecular flexibility index (Phi) is 6.66. The molecule has 2 amide bonds. The van der Waals surface area contributed by atoms with Gasteiger partial charge in [0.1, 0.15) is 6.04 Å². The highest BCUT2D eigenvalue weighted by Gasteiger charge is 2.76. The minimum Gasteiger partial charge on any atom is -0.481 e. The number of nitrogens with zero attached hydrogens (tertiary/aromatic N) is 2. The molecule has 2 bridgehead atoms. The Balaban J connectivity index is 2.06. The topological polar surface area (TPSA) is 98.2 Å². The van der Waals surface area contributed by atoms with Crippen LogP contribution in [0.1, 0.15) is 40.0 Å². The zero-order valence-electron chi connectivity index (χ0n) is 17.7. The molecule has 3 unspecified atom stereocenters. The molecule has 0 radical (unpaired) electrons. The number of carbonyl (C=O) groups excluding carboxylic acids is 2. The zero-order valence-corrected chi connectivity index (χ0v) is 20.1. The van der Waals surface area contributed by atoms with Gasteiger partial charge in [0, 0.05) is 35.3 Å². The highest BCUT2D eigenvalue weighted by molar-refractivity contribution is 9.09. The molecular formula is C21H31BrN2O5S. The lowest BCUT2D eigenvalue weighted by atomic mass is 9.71. The van der Waals surface area contributed by atoms with Gasteiger partial charge in [0.25, 0.3) is 0 Å². The standard InChI is InChI=1S/C21H31BrN2O5S/c1-5-8-24(20(2,3)4)18(27)16-21-11-12(22)15(30-21)13(19(28)29)14(21)17(26)23(16)9-6-7-10-25/h5,12-16,25H,1,6-11H2,2-4H3,(H,28,29)/t12?,13-,14+,15-,16?,21?/m1/s1. The van der Waals surface area contributed by atoms with Crippen molar-refractivity contribution in [3.63, 3.8) is 0 Å². The van der Waals surface area contributed by atoms with E-state index in [4.69, 9.17) is 0 Å². The smallest absolute Gasteiger partial charge is 0.308 e. The van der Waals surface area contributed by atoms with Crippen LogP contribution < -0.4 is 0 Å². The van der Waals surface area contributed by atoms with Gasteiger partial charge < -0.3 is 20.0 Å². The van der Waals surface area contributed by atoms with Crippen molar-refractivity contribution in [2.45, 2.75) is 66.4 Å². The van der Waals surface area contributed by atoms with Crippen LogP contribution in [0.3, 0.4) is 0 Å². The number of hydrogen-bond donors (Lipinski definition) is 2. The maximum atomic E-state index is 13.9. The van der Waals surface area contributed by atoms with Crippen molar-refractivity contribution in [1.29, 1.82) is 0 Å². The van der Waals surface area contributed by atoms with Gasteiger partial charge in [-0.2, -0.15) is 0 Å². The number of fused-ring (bicyclic) bond motifs is 1. The molecule has 30 heavy (non-hydrogen) atoms. The molecule has 1 spiro atoms. The maximum Gasteiger partial charge on any atom is 0.308 e. The van der Waals surface area contributed by atoms with Crippen LogP contribution in [0.5, 0.6) is 0 Å². The second-order valence-electron chi connectivity index (χ2n) is 9.37. The summed E-state index contributed by atoms with van der Waals surface area (Å²) in [5.74, 6) is -2.87. The number of hydrogen-bond acceptors (Lipinski definition) is 5. The van der Waals surface area contributed by atoms with Gasteiger partial charge in [-0.25, -0.2) is 0 Å². The van der Waals surface area contributed by atoms with Gasteiger partial charge in [-0.1, -0.05) is 22.0 Å². The number of amides is 2. The lowest BCUT2D eigenvalue weighted by Gasteiger charge is -2.42. The average Bonchev–Trinajstić information content (AvgIpc) is 3.22. The molecule has 7 nitrogen and oxygen atoms in total. The van der Waals surface area contributed by atoms with Crippen molar-refractivity contribution in [2.24, 2.45) is 11.8 Å². The van der Waals surface area contributed by atoms with Crippen LogP contribution in [-0.4, -0.2) is 83.9 Å². The Morgan fingerprint density at radius 2 is 2.07 bits per heavy atom. The Hall–Kier alpha value is -1.06. The highest BCUT2D eigenvalue weighted by atomic mass is 79.9. The molecule has 0 aliphatic carbocycles. The van der Waals surface area contributed by atoms with Crippen LogP contribution in [0.25, 0.3) is 0 Å². The van der Waals surface area contributed by atoms with E-state index in [1.807, 2.05) is 20.8 Å². The summed E-state index contributed by atoms with van der Waals surface area (Å²) in [5.41, 5.74) is -0.471. The summed E-state index contributed by atoms with van der Waals surface area (Å²) in [6.07, 6.45) is 3.35. The Morgan fingerprint density at radius 3 is 2.60 bits per heavy atom. The van der Waals surface area contributed by atoms with E-state index in [9.17, 15) is 24.6 Å². The number of aliphatic hydroxyl groups is 1. The Morgan fingerprint density at radius 1 is 1.40 bits per heavy atom. The molecule has 0 saturated carbocycles. The molecule has 3 aliphatic rings. The number of rotatable bonds is 8. The second-order valence-corrected chi connectivity index (χ2v) is 12.1. The van der Waals surface area contributed by atoms with Crippen molar-refractivity contribution in [1.82, 2.24) is 9.80 Å². The zero-order chi connectivity index (χ0) is 22.4. The first-order chi connectivity index (χ1) is 14.0. The predicted octanol–water partition coefficient (Wildman–Crippen LogP) is 2.12. The van der Waals surface area contributed by atoms with Crippen LogP contribution in [0.15, 0.2) is 12.7 Å². The van der Waals surface area contributed by atoms with E-state index in [0.717, 1.165) is 0 Å². The SMILES string of the molecule is C=CCN(C(=O)C1N(CCCCO)C(=O)[C@@H]2[C@@H](C(=O)O)[C@@H]3SC12CC3Br)C(C)(C)C. The van der Waals surface area contributed by atoms with Crippen LogP contribution in [0.2, 0.25) is 0 Å². The number of carboxylic acids is 1. The summed E-state index contributed by atoms with van der Waals surface area (Å²) >= 11 is 5.15. The first kappa shape index (κ1) is 23.6. The third-order valence-corrected chi connectivity index (χ3v) is 9.72. The van der Waals surface area contributed by atoms with Crippen molar-refractivity contribution >= 4 is 45.5 Å². The molecule has 9 heteroatoms. The first-order valence-corrected chi connectivity index (χ1v) is 12.2. The molecule has 6 atom stereocenters. The van der Waals surface area contributed by atoms with E-state index in [1.165, 1.54) is 11.8 Å². The fraction of sp³-hybridized carbons (Fsp3) is 0.762. The minimum atomic E-state index is -0.973. The molecule has 3 rings (SSSR count). The number of aliphatic hydroxyl groups excluding tert-OH is 1. The van der Waals surface area contributed by atoms with Crippen molar-refractivity contribution in [2.75, 3.05) is 19.7 Å². The first-order valence-electron chi connectivity index (χ1n) is 10.4. The Bertz CT molecular complexity index is 741. The van der Waals surface area contributed by atoms with Crippen LogP contribution in [-0.2, 0) is 14.4 Å². The highest BCUT2D eigenvalue weighted by Crippen LogP contribution is 2.67. The van der Waals surface area contributed by atoms with Crippen LogP contribution in [0.4, 0.5) is 0 Å². The summed E-state index contributed by atoms with van der Waals surface area (Å²) in [5, 5.41) is 18.9. The molecule has 3 aliphatic heterocycles. The summed E-state index contributed by atoms with van der Waals surface area (Å²) in [6, 6.07) is -0.715. The lowest BCUT2D eigenvalue weighted by molar-refractivity contribution is -0.148. The van der Waals surface area contributed by atoms with Gasteiger partial charge in [0.2, 0.25) is 11.8 Å². The number of aliphatic carboxylic acids is 1. The van der Waals surface area contributed by atoms with Crippen molar-refractivity contribution in [3.8, 4) is 0 Å². The minimum absolute atomic E-state index is 0.0118. The third-order valence-electron chi connectivity index (χ3n) is 6.50. The van der Waals surface area contributed by atoms with E-state index < -0.39 is 34.1 Å². The van der Waals surface area contributed by atoms with Crippen LogP contribution >= 0.6 is 27.7 Å². The molecule has 0 aromatic heterocycles. The van der Waals surface area contributed by atoms with Gasteiger partial charge in [-0.3, -0.25) is 14.4 Å². The fourth-order valence-electron chi connectivity index (χ4n) is 5.30. The van der Waals surface area contributed by atoms with E-state index in [1.54, 1.807) is 15.9 Å². The second kappa shape index (κ2) is 8.47. The van der Waals surface area contributed by atoms with Crippen molar-refractivity contribution in [3.05, 3.63) is 12.7 Å². The monoisotopic (exact) mass is 502 g/mol. The number of alkyl halides is 1. The van der Waals surface area contributed by atoms with Gasteiger partial charge >= 0.3 is 5.97 Å². The van der Waals surface area contributed by atoms with Gasteiger partial charge in [0.15, 0.2) is 0 Å². The number of unbranched alkanes of at least 4 members (excludes halogenated alkanes) is 1. The lowest BCUT2D eigenvalue weighted by Crippen LogP contribution is -2.59. The number of thioether (sulfide) groups is 1.